The van der Waals surface area contributed by atoms with Gasteiger partial charge in [0, 0.05) is 21.7 Å². The van der Waals surface area contributed by atoms with Crippen LogP contribution in [0.15, 0.2) is 95.4 Å². The third-order valence-electron chi connectivity index (χ3n) is 4.19. The highest BCUT2D eigenvalue weighted by molar-refractivity contribution is 6.30. The molecule has 26 heavy (non-hydrogen) atoms. The third-order valence-corrected chi connectivity index (χ3v) is 4.44. The Morgan fingerprint density at radius 1 is 0.731 bits per heavy atom. The first-order chi connectivity index (χ1) is 12.7. The van der Waals surface area contributed by atoms with Gasteiger partial charge in [-0.05, 0) is 23.8 Å². The molecule has 0 aliphatic carbocycles. The van der Waals surface area contributed by atoms with Crippen molar-refractivity contribution in [2.45, 2.75) is 0 Å². The summed E-state index contributed by atoms with van der Waals surface area (Å²) in [6.45, 7) is 0. The van der Waals surface area contributed by atoms with Gasteiger partial charge in [0.1, 0.15) is 5.76 Å². The van der Waals surface area contributed by atoms with E-state index in [0.717, 1.165) is 16.7 Å². The molecule has 0 atom stereocenters. The van der Waals surface area contributed by atoms with E-state index >= 15 is 0 Å². The standard InChI is InChI=1S/C23H15ClO2/c24-19-13-11-16(12-14-19)20-15-21(17-7-3-1-4-8-17)26-23(20)22(25)18-9-5-2-6-10-18/h1-15H. The predicted molar refractivity (Wildman–Crippen MR) is 104 cm³/mol. The molecule has 4 aromatic rings. The van der Waals surface area contributed by atoms with Crippen LogP contribution in [0.2, 0.25) is 5.02 Å². The number of hydrogen-bond acceptors (Lipinski definition) is 2. The van der Waals surface area contributed by atoms with E-state index in [1.165, 1.54) is 0 Å². The van der Waals surface area contributed by atoms with Gasteiger partial charge in [0.2, 0.25) is 5.78 Å². The molecule has 1 heterocycles. The van der Waals surface area contributed by atoms with Crippen LogP contribution in [-0.4, -0.2) is 5.78 Å². The SMILES string of the molecule is O=C(c1ccccc1)c1oc(-c2ccccc2)cc1-c1ccc(Cl)cc1. The summed E-state index contributed by atoms with van der Waals surface area (Å²) in [5.41, 5.74) is 3.17. The lowest BCUT2D eigenvalue weighted by atomic mass is 10.0. The summed E-state index contributed by atoms with van der Waals surface area (Å²) in [5, 5.41) is 0.650. The molecule has 0 saturated carbocycles. The monoisotopic (exact) mass is 358 g/mol. The van der Waals surface area contributed by atoms with Crippen LogP contribution in [0.3, 0.4) is 0 Å². The molecule has 3 aromatic carbocycles. The van der Waals surface area contributed by atoms with E-state index in [1.807, 2.05) is 78.9 Å². The van der Waals surface area contributed by atoms with Gasteiger partial charge in [-0.25, -0.2) is 0 Å². The molecule has 0 radical (unpaired) electrons. The lowest BCUT2D eigenvalue weighted by Gasteiger charge is -2.03. The quantitative estimate of drug-likeness (QED) is 0.390. The zero-order valence-electron chi connectivity index (χ0n) is 13.9. The van der Waals surface area contributed by atoms with Crippen LogP contribution in [0.4, 0.5) is 0 Å². The summed E-state index contributed by atoms with van der Waals surface area (Å²) in [4.78, 5) is 13.0. The van der Waals surface area contributed by atoms with Crippen molar-refractivity contribution < 1.29 is 9.21 Å². The van der Waals surface area contributed by atoms with Gasteiger partial charge in [-0.2, -0.15) is 0 Å². The molecule has 0 aliphatic rings. The zero-order chi connectivity index (χ0) is 17.9. The minimum Gasteiger partial charge on any atom is -0.452 e. The second kappa shape index (κ2) is 7.03. The van der Waals surface area contributed by atoms with Crippen LogP contribution in [0.1, 0.15) is 16.1 Å². The Balaban J connectivity index is 1.87. The number of rotatable bonds is 4. The Kier molecular flexibility index (Phi) is 4.42. The fraction of sp³-hybridized carbons (Fsp3) is 0. The normalized spacial score (nSPS) is 10.7. The van der Waals surface area contributed by atoms with E-state index in [9.17, 15) is 4.79 Å². The largest absolute Gasteiger partial charge is 0.452 e. The molecule has 0 unspecified atom stereocenters. The highest BCUT2D eigenvalue weighted by Crippen LogP contribution is 2.34. The highest BCUT2D eigenvalue weighted by atomic mass is 35.5. The molecule has 0 N–H and O–H groups in total. The van der Waals surface area contributed by atoms with E-state index in [4.69, 9.17) is 16.0 Å². The fourth-order valence-electron chi connectivity index (χ4n) is 2.87. The molecular weight excluding hydrogens is 344 g/mol. The molecule has 2 nitrogen and oxygen atoms in total. The van der Waals surface area contributed by atoms with Gasteiger partial charge in [-0.1, -0.05) is 84.4 Å². The Labute approximate surface area is 156 Å². The smallest absolute Gasteiger partial charge is 0.228 e. The first kappa shape index (κ1) is 16.4. The second-order valence-electron chi connectivity index (χ2n) is 5.92. The maximum atomic E-state index is 13.0. The Morgan fingerprint density at radius 3 is 2.00 bits per heavy atom. The van der Waals surface area contributed by atoms with Gasteiger partial charge >= 0.3 is 0 Å². The van der Waals surface area contributed by atoms with Gasteiger partial charge in [0.15, 0.2) is 5.76 Å². The van der Waals surface area contributed by atoms with Crippen molar-refractivity contribution >= 4 is 17.4 Å². The summed E-state index contributed by atoms with van der Waals surface area (Å²) >= 11 is 6.01. The van der Waals surface area contributed by atoms with Crippen molar-refractivity contribution in [3.8, 4) is 22.5 Å². The van der Waals surface area contributed by atoms with Crippen LogP contribution >= 0.6 is 11.6 Å². The summed E-state index contributed by atoms with van der Waals surface area (Å²) in [6.07, 6.45) is 0. The van der Waals surface area contributed by atoms with Crippen molar-refractivity contribution in [3.63, 3.8) is 0 Å². The molecule has 126 valence electrons. The van der Waals surface area contributed by atoms with Gasteiger partial charge < -0.3 is 4.42 Å². The molecule has 0 amide bonds. The van der Waals surface area contributed by atoms with Gasteiger partial charge in [0.05, 0.1) is 0 Å². The first-order valence-electron chi connectivity index (χ1n) is 8.27. The van der Waals surface area contributed by atoms with Crippen LogP contribution in [0.25, 0.3) is 22.5 Å². The van der Waals surface area contributed by atoms with E-state index in [2.05, 4.69) is 0 Å². The van der Waals surface area contributed by atoms with Crippen molar-refractivity contribution in [2.75, 3.05) is 0 Å². The maximum Gasteiger partial charge on any atom is 0.228 e. The average molecular weight is 359 g/mol. The average Bonchev–Trinajstić information content (AvgIpc) is 3.15. The molecule has 0 spiro atoms. The number of hydrogen-bond donors (Lipinski definition) is 0. The van der Waals surface area contributed by atoms with Gasteiger partial charge in [-0.15, -0.1) is 0 Å². The second-order valence-corrected chi connectivity index (χ2v) is 6.36. The Hall–Kier alpha value is -3.10. The molecule has 3 heteroatoms. The van der Waals surface area contributed by atoms with Crippen molar-refractivity contribution in [1.29, 1.82) is 0 Å². The first-order valence-corrected chi connectivity index (χ1v) is 8.65. The van der Waals surface area contributed by atoms with E-state index in [-0.39, 0.29) is 5.78 Å². The predicted octanol–water partition coefficient (Wildman–Crippen LogP) is 6.50. The summed E-state index contributed by atoms with van der Waals surface area (Å²) in [5.74, 6) is 0.852. The molecule has 0 aliphatic heterocycles. The molecule has 0 saturated heterocycles. The van der Waals surface area contributed by atoms with Crippen LogP contribution in [-0.2, 0) is 0 Å². The molecule has 4 rings (SSSR count). The number of carbonyl (C=O) groups is 1. The Bertz CT molecular complexity index is 1030. The van der Waals surface area contributed by atoms with E-state index < -0.39 is 0 Å². The number of furan rings is 1. The minimum atomic E-state index is -0.141. The summed E-state index contributed by atoms with van der Waals surface area (Å²) in [7, 11) is 0. The number of halogens is 1. The number of ketones is 1. The summed E-state index contributed by atoms with van der Waals surface area (Å²) in [6, 6.07) is 28.2. The minimum absolute atomic E-state index is 0.141. The van der Waals surface area contributed by atoms with Crippen LogP contribution < -0.4 is 0 Å². The third kappa shape index (κ3) is 3.19. The fourth-order valence-corrected chi connectivity index (χ4v) is 2.99. The van der Waals surface area contributed by atoms with Crippen molar-refractivity contribution in [2.24, 2.45) is 0 Å². The van der Waals surface area contributed by atoms with Crippen molar-refractivity contribution in [1.82, 2.24) is 0 Å². The Morgan fingerprint density at radius 2 is 1.35 bits per heavy atom. The molecule has 0 bridgehead atoms. The lowest BCUT2D eigenvalue weighted by molar-refractivity contribution is 0.101. The van der Waals surface area contributed by atoms with Gasteiger partial charge in [0.25, 0.3) is 0 Å². The maximum absolute atomic E-state index is 13.0. The lowest BCUT2D eigenvalue weighted by Crippen LogP contribution is -2.01. The summed E-state index contributed by atoms with van der Waals surface area (Å²) < 4.78 is 6.02. The van der Waals surface area contributed by atoms with Crippen LogP contribution in [0, 0.1) is 0 Å². The zero-order valence-corrected chi connectivity index (χ0v) is 14.6. The highest BCUT2D eigenvalue weighted by Gasteiger charge is 2.21. The molecule has 0 fully saturated rings. The molecule has 1 aromatic heterocycles. The topological polar surface area (TPSA) is 30.2 Å². The van der Waals surface area contributed by atoms with Crippen LogP contribution in [0.5, 0.6) is 0 Å². The van der Waals surface area contributed by atoms with E-state index in [1.54, 1.807) is 12.1 Å². The van der Waals surface area contributed by atoms with Gasteiger partial charge in [-0.3, -0.25) is 4.79 Å². The van der Waals surface area contributed by atoms with E-state index in [0.29, 0.717) is 22.1 Å². The number of carbonyl (C=O) groups excluding carboxylic acids is 1. The molecular formula is C23H15ClO2. The number of benzene rings is 3. The van der Waals surface area contributed by atoms with Crippen molar-refractivity contribution in [3.05, 3.63) is 107 Å².